The Morgan fingerprint density at radius 3 is 2.88 bits per heavy atom. The number of nitrogen functional groups attached to an aromatic ring is 1. The van der Waals surface area contributed by atoms with Crippen molar-refractivity contribution in [2.75, 3.05) is 24.6 Å². The van der Waals surface area contributed by atoms with Gasteiger partial charge in [0.1, 0.15) is 5.75 Å². The van der Waals surface area contributed by atoms with Crippen LogP contribution in [0, 0.1) is 0 Å². The van der Waals surface area contributed by atoms with Gasteiger partial charge in [-0.15, -0.1) is 0 Å². The van der Waals surface area contributed by atoms with E-state index in [-0.39, 0.29) is 6.09 Å². The number of nitrogens with one attached hydrogen (secondary N) is 1. The summed E-state index contributed by atoms with van der Waals surface area (Å²) in [5.74, 6) is 0.564. The molecule has 0 saturated carbocycles. The minimum Gasteiger partial charge on any atom is -0.410 e. The maximum atomic E-state index is 12.1. The molecule has 0 spiro atoms. The lowest BCUT2D eigenvalue weighted by molar-refractivity contribution is 0.161. The first-order chi connectivity index (χ1) is 11.6. The minimum atomic E-state index is -0.332. The largest absolute Gasteiger partial charge is 0.414 e. The fourth-order valence-electron chi connectivity index (χ4n) is 2.89. The van der Waals surface area contributed by atoms with E-state index in [1.807, 2.05) is 30.3 Å². The van der Waals surface area contributed by atoms with Crippen LogP contribution in [-0.2, 0) is 6.42 Å². The topological polar surface area (TPSA) is 67.6 Å². The third kappa shape index (κ3) is 3.98. The Morgan fingerprint density at radius 2 is 2.08 bits per heavy atom. The lowest BCUT2D eigenvalue weighted by Crippen LogP contribution is -2.35. The summed E-state index contributed by atoms with van der Waals surface area (Å²) in [6.07, 6.45) is 2.63. The Morgan fingerprint density at radius 1 is 1.29 bits per heavy atom. The number of nitrogens with two attached hydrogens (primary N) is 1. The van der Waals surface area contributed by atoms with E-state index in [0.717, 1.165) is 30.6 Å². The van der Waals surface area contributed by atoms with Crippen molar-refractivity contribution in [2.24, 2.45) is 0 Å². The number of rotatable bonds is 4. The molecule has 0 aromatic heterocycles. The first-order valence-corrected chi connectivity index (χ1v) is 8.25. The van der Waals surface area contributed by atoms with Gasteiger partial charge in [-0.05, 0) is 49.1 Å². The molecule has 5 heteroatoms. The molecule has 2 aromatic rings. The summed E-state index contributed by atoms with van der Waals surface area (Å²) >= 11 is 0. The van der Waals surface area contributed by atoms with Crippen molar-refractivity contribution in [2.45, 2.75) is 25.3 Å². The second-order valence-electron chi connectivity index (χ2n) is 6.19. The molecule has 1 atom stereocenters. The van der Waals surface area contributed by atoms with Gasteiger partial charge in [-0.2, -0.15) is 0 Å². The first-order valence-electron chi connectivity index (χ1n) is 8.25. The molecule has 0 fully saturated rings. The molecular weight excluding hydrogens is 302 g/mol. The normalized spacial score (nSPS) is 16.0. The Kier molecular flexibility index (Phi) is 4.89. The molecule has 0 aliphatic carbocycles. The molecular formula is C19H23N3O2. The number of hydrogen-bond donors (Lipinski definition) is 2. The summed E-state index contributed by atoms with van der Waals surface area (Å²) in [6, 6.07) is 15.5. The molecule has 2 aromatic carbocycles. The van der Waals surface area contributed by atoms with Gasteiger partial charge in [-0.1, -0.05) is 24.3 Å². The Hall–Kier alpha value is -2.69. The molecule has 5 nitrogen and oxygen atoms in total. The van der Waals surface area contributed by atoms with Crippen LogP contribution in [0.4, 0.5) is 16.2 Å². The highest BCUT2D eigenvalue weighted by molar-refractivity contribution is 5.70. The summed E-state index contributed by atoms with van der Waals surface area (Å²) < 4.78 is 5.34. The monoisotopic (exact) mass is 325 g/mol. The number of hydrogen-bond acceptors (Lipinski definition) is 4. The first kappa shape index (κ1) is 16.2. The molecule has 1 unspecified atom stereocenters. The molecule has 1 aliphatic heterocycles. The predicted molar refractivity (Wildman–Crippen MR) is 96.3 cm³/mol. The molecule has 1 heterocycles. The summed E-state index contributed by atoms with van der Waals surface area (Å²) in [7, 11) is 1.76. The molecule has 0 bridgehead atoms. The van der Waals surface area contributed by atoms with Crippen molar-refractivity contribution in [1.82, 2.24) is 4.90 Å². The molecule has 24 heavy (non-hydrogen) atoms. The highest BCUT2D eigenvalue weighted by Crippen LogP contribution is 2.27. The minimum absolute atomic E-state index is 0.332. The van der Waals surface area contributed by atoms with E-state index in [4.69, 9.17) is 10.5 Å². The van der Waals surface area contributed by atoms with E-state index in [1.54, 1.807) is 24.1 Å². The van der Waals surface area contributed by atoms with Gasteiger partial charge in [0.25, 0.3) is 0 Å². The molecule has 0 radical (unpaired) electrons. The van der Waals surface area contributed by atoms with Gasteiger partial charge in [0.05, 0.1) is 0 Å². The van der Waals surface area contributed by atoms with Gasteiger partial charge < -0.3 is 20.7 Å². The maximum absolute atomic E-state index is 12.1. The molecule has 1 amide bonds. The molecule has 3 N–H and O–H groups in total. The standard InChI is InChI=1S/C19H23N3O2/c1-22(19(23)24-17-5-3-2-4-6-17)12-11-16-10-8-14-7-9-15(20)13-18(14)21-16/h2-7,9,13,16,21H,8,10-12,20H2,1H3. The van der Waals surface area contributed by atoms with Crippen LogP contribution in [0.2, 0.25) is 0 Å². The number of carbonyl (C=O) groups excluding carboxylic acids is 1. The van der Waals surface area contributed by atoms with Crippen molar-refractivity contribution >= 4 is 17.5 Å². The number of ether oxygens (including phenoxy) is 1. The van der Waals surface area contributed by atoms with Crippen LogP contribution < -0.4 is 15.8 Å². The van der Waals surface area contributed by atoms with Gasteiger partial charge in [0.2, 0.25) is 0 Å². The van der Waals surface area contributed by atoms with Crippen molar-refractivity contribution in [1.29, 1.82) is 0 Å². The van der Waals surface area contributed by atoms with Crippen LogP contribution in [0.3, 0.4) is 0 Å². The van der Waals surface area contributed by atoms with Crippen LogP contribution in [-0.4, -0.2) is 30.6 Å². The number of carbonyl (C=O) groups is 1. The van der Waals surface area contributed by atoms with Crippen LogP contribution in [0.5, 0.6) is 5.75 Å². The molecule has 126 valence electrons. The average Bonchev–Trinajstić information content (AvgIpc) is 2.60. The third-order valence-electron chi connectivity index (χ3n) is 4.33. The van der Waals surface area contributed by atoms with E-state index in [0.29, 0.717) is 18.3 Å². The molecule has 3 rings (SSSR count). The Bertz CT molecular complexity index is 703. The number of fused-ring (bicyclic) bond motifs is 1. The zero-order valence-electron chi connectivity index (χ0n) is 13.9. The van der Waals surface area contributed by atoms with Gasteiger partial charge in [0.15, 0.2) is 0 Å². The van der Waals surface area contributed by atoms with Crippen LogP contribution in [0.15, 0.2) is 48.5 Å². The zero-order valence-corrected chi connectivity index (χ0v) is 13.9. The van der Waals surface area contributed by atoms with Crippen molar-refractivity contribution in [3.8, 4) is 5.75 Å². The predicted octanol–water partition coefficient (Wildman–Crippen LogP) is 3.52. The van der Waals surface area contributed by atoms with Crippen LogP contribution >= 0.6 is 0 Å². The van der Waals surface area contributed by atoms with E-state index < -0.39 is 0 Å². The van der Waals surface area contributed by atoms with Crippen molar-refractivity contribution in [3.63, 3.8) is 0 Å². The van der Waals surface area contributed by atoms with E-state index >= 15 is 0 Å². The van der Waals surface area contributed by atoms with E-state index in [1.165, 1.54) is 5.56 Å². The summed E-state index contributed by atoms with van der Waals surface area (Å²) in [5.41, 5.74) is 9.04. The van der Waals surface area contributed by atoms with Gasteiger partial charge in [-0.25, -0.2) is 4.79 Å². The summed E-state index contributed by atoms with van der Waals surface area (Å²) in [4.78, 5) is 13.7. The fourth-order valence-corrected chi connectivity index (χ4v) is 2.89. The van der Waals surface area contributed by atoms with Crippen molar-refractivity contribution < 1.29 is 9.53 Å². The quantitative estimate of drug-likeness (QED) is 0.844. The highest BCUT2D eigenvalue weighted by atomic mass is 16.6. The lowest BCUT2D eigenvalue weighted by atomic mass is 9.96. The van der Waals surface area contributed by atoms with E-state index in [2.05, 4.69) is 11.4 Å². The van der Waals surface area contributed by atoms with Crippen molar-refractivity contribution in [3.05, 3.63) is 54.1 Å². The number of aryl methyl sites for hydroxylation is 1. The number of para-hydroxylation sites is 1. The summed E-state index contributed by atoms with van der Waals surface area (Å²) in [6.45, 7) is 0.640. The Balaban J connectivity index is 1.50. The zero-order chi connectivity index (χ0) is 16.9. The van der Waals surface area contributed by atoms with Crippen LogP contribution in [0.25, 0.3) is 0 Å². The molecule has 0 saturated heterocycles. The van der Waals surface area contributed by atoms with Gasteiger partial charge >= 0.3 is 6.09 Å². The number of benzene rings is 2. The van der Waals surface area contributed by atoms with Gasteiger partial charge in [-0.3, -0.25) is 0 Å². The molecule has 1 aliphatic rings. The smallest absolute Gasteiger partial charge is 0.410 e. The van der Waals surface area contributed by atoms with E-state index in [9.17, 15) is 4.79 Å². The SMILES string of the molecule is CN(CCC1CCc2ccc(N)cc2N1)C(=O)Oc1ccccc1. The number of nitrogens with zero attached hydrogens (tertiary/aromatic N) is 1. The lowest BCUT2D eigenvalue weighted by Gasteiger charge is -2.28. The van der Waals surface area contributed by atoms with Crippen LogP contribution in [0.1, 0.15) is 18.4 Å². The summed E-state index contributed by atoms with van der Waals surface area (Å²) in [5, 5.41) is 3.52. The van der Waals surface area contributed by atoms with Gasteiger partial charge in [0, 0.05) is 31.0 Å². The fraction of sp³-hybridized carbons (Fsp3) is 0.316. The average molecular weight is 325 g/mol. The number of amides is 1. The number of anilines is 2. The second-order valence-corrected chi connectivity index (χ2v) is 6.19. The third-order valence-corrected chi connectivity index (χ3v) is 4.33. The Labute approximate surface area is 142 Å². The highest BCUT2D eigenvalue weighted by Gasteiger charge is 2.19. The second kappa shape index (κ2) is 7.25. The maximum Gasteiger partial charge on any atom is 0.414 e.